The summed E-state index contributed by atoms with van der Waals surface area (Å²) in [6, 6.07) is 11.3. The van der Waals surface area contributed by atoms with E-state index in [1.807, 2.05) is 11.3 Å². The summed E-state index contributed by atoms with van der Waals surface area (Å²) in [7, 11) is 0. The van der Waals surface area contributed by atoms with Crippen molar-refractivity contribution < 1.29 is 0 Å². The normalized spacial score (nSPS) is 12.8. The quantitative estimate of drug-likeness (QED) is 0.596. The third kappa shape index (κ3) is 5.85. The van der Waals surface area contributed by atoms with E-state index in [-0.39, 0.29) is 0 Å². The molecule has 0 aliphatic rings. The molecule has 0 saturated carbocycles. The van der Waals surface area contributed by atoms with Gasteiger partial charge in [-0.3, -0.25) is 0 Å². The minimum atomic E-state index is 0.529. The van der Waals surface area contributed by atoms with E-state index in [1.165, 1.54) is 14.9 Å². The third-order valence-electron chi connectivity index (χ3n) is 3.39. The molecule has 1 unspecified atom stereocenters. The van der Waals surface area contributed by atoms with E-state index in [2.05, 4.69) is 86.7 Å². The highest BCUT2D eigenvalue weighted by molar-refractivity contribution is 9.10. The predicted molar refractivity (Wildman–Crippen MR) is 100 cm³/mol. The zero-order valence-corrected chi connectivity index (χ0v) is 16.4. The second kappa shape index (κ2) is 8.47. The summed E-state index contributed by atoms with van der Waals surface area (Å²) < 4.78 is 2.41. The zero-order chi connectivity index (χ0) is 15.2. The first-order valence-corrected chi connectivity index (χ1v) is 9.71. The molecule has 0 bridgehead atoms. The molecule has 0 radical (unpaired) electrons. The van der Waals surface area contributed by atoms with E-state index in [0.717, 1.165) is 23.9 Å². The Bertz CT molecular complexity index is 565. The molecule has 2 aromatic rings. The van der Waals surface area contributed by atoms with Crippen molar-refractivity contribution in [3.63, 3.8) is 0 Å². The van der Waals surface area contributed by atoms with Crippen LogP contribution in [0.5, 0.6) is 0 Å². The molecule has 1 nitrogen and oxygen atoms in total. The number of thiophene rings is 1. The van der Waals surface area contributed by atoms with Gasteiger partial charge in [-0.2, -0.15) is 0 Å². The van der Waals surface area contributed by atoms with E-state index in [4.69, 9.17) is 0 Å². The molecule has 1 N–H and O–H groups in total. The van der Waals surface area contributed by atoms with Gasteiger partial charge in [0.2, 0.25) is 0 Å². The Labute approximate surface area is 148 Å². The highest BCUT2D eigenvalue weighted by Crippen LogP contribution is 2.27. The molecule has 0 amide bonds. The molecule has 1 aromatic carbocycles. The fraction of sp³-hybridized carbons (Fsp3) is 0.412. The Morgan fingerprint density at radius 1 is 1.14 bits per heavy atom. The van der Waals surface area contributed by atoms with Crippen molar-refractivity contribution in [3.05, 3.63) is 55.1 Å². The first-order chi connectivity index (χ1) is 10.0. The molecule has 0 saturated heterocycles. The number of hydrogen-bond acceptors (Lipinski definition) is 2. The first kappa shape index (κ1) is 17.2. The van der Waals surface area contributed by atoms with Gasteiger partial charge >= 0.3 is 0 Å². The highest BCUT2D eigenvalue weighted by atomic mass is 79.9. The van der Waals surface area contributed by atoms with E-state index in [9.17, 15) is 0 Å². The lowest BCUT2D eigenvalue weighted by molar-refractivity contribution is 0.446. The van der Waals surface area contributed by atoms with Crippen LogP contribution >= 0.6 is 43.2 Å². The summed E-state index contributed by atoms with van der Waals surface area (Å²) in [6.07, 6.45) is 2.22. The average molecular weight is 431 g/mol. The van der Waals surface area contributed by atoms with Crippen LogP contribution in [0.1, 0.15) is 24.3 Å². The van der Waals surface area contributed by atoms with Crippen LogP contribution < -0.4 is 5.32 Å². The van der Waals surface area contributed by atoms with Gasteiger partial charge in [0, 0.05) is 19.9 Å². The van der Waals surface area contributed by atoms with Crippen molar-refractivity contribution >= 4 is 43.2 Å². The van der Waals surface area contributed by atoms with Crippen molar-refractivity contribution in [3.8, 4) is 0 Å². The molecule has 2 rings (SSSR count). The maximum absolute atomic E-state index is 3.65. The molecule has 1 atom stereocenters. The van der Waals surface area contributed by atoms with Gasteiger partial charge in [-0.05, 0) is 70.4 Å². The van der Waals surface area contributed by atoms with E-state index in [0.29, 0.717) is 12.0 Å². The van der Waals surface area contributed by atoms with Crippen LogP contribution in [0.3, 0.4) is 0 Å². The number of benzene rings is 1. The molecular weight excluding hydrogens is 410 g/mol. The van der Waals surface area contributed by atoms with Gasteiger partial charge in [0.1, 0.15) is 0 Å². The Hall–Kier alpha value is -0.160. The van der Waals surface area contributed by atoms with Crippen LogP contribution in [0.15, 0.2) is 44.7 Å². The molecule has 1 heterocycles. The van der Waals surface area contributed by atoms with Crippen molar-refractivity contribution in [2.45, 2.75) is 32.7 Å². The summed E-state index contributed by atoms with van der Waals surface area (Å²) in [6.45, 7) is 5.46. The minimum absolute atomic E-state index is 0.529. The average Bonchev–Trinajstić information content (AvgIpc) is 2.81. The minimum Gasteiger partial charge on any atom is -0.314 e. The Balaban J connectivity index is 2.06. The van der Waals surface area contributed by atoms with Crippen LogP contribution in [-0.4, -0.2) is 12.6 Å². The van der Waals surface area contributed by atoms with Crippen molar-refractivity contribution in [2.75, 3.05) is 6.54 Å². The molecule has 114 valence electrons. The Kier molecular flexibility index (Phi) is 6.93. The lowest BCUT2D eigenvalue weighted by Gasteiger charge is -2.19. The first-order valence-electron chi connectivity index (χ1n) is 7.24. The van der Waals surface area contributed by atoms with Gasteiger partial charge in [0.15, 0.2) is 0 Å². The molecular formula is C17H21Br2NS. The Morgan fingerprint density at radius 3 is 2.57 bits per heavy atom. The lowest BCUT2D eigenvalue weighted by Crippen LogP contribution is -2.31. The van der Waals surface area contributed by atoms with Gasteiger partial charge < -0.3 is 5.32 Å². The van der Waals surface area contributed by atoms with E-state index >= 15 is 0 Å². The van der Waals surface area contributed by atoms with Crippen LogP contribution in [0.4, 0.5) is 0 Å². The summed E-state index contributed by atoms with van der Waals surface area (Å²) in [5, 5.41) is 5.75. The lowest BCUT2D eigenvalue weighted by atomic mass is 9.95. The van der Waals surface area contributed by atoms with Crippen LogP contribution in [-0.2, 0) is 12.8 Å². The molecule has 0 fully saturated rings. The van der Waals surface area contributed by atoms with Gasteiger partial charge in [0.25, 0.3) is 0 Å². The number of halogens is 2. The summed E-state index contributed by atoms with van der Waals surface area (Å²) in [5.41, 5.74) is 1.40. The fourth-order valence-corrected chi connectivity index (χ4v) is 4.43. The molecule has 0 spiro atoms. The largest absolute Gasteiger partial charge is 0.314 e. The fourth-order valence-electron chi connectivity index (χ4n) is 2.35. The Morgan fingerprint density at radius 2 is 1.95 bits per heavy atom. The topological polar surface area (TPSA) is 12.0 Å². The van der Waals surface area contributed by atoms with Crippen LogP contribution in [0.2, 0.25) is 0 Å². The zero-order valence-electron chi connectivity index (χ0n) is 12.4. The second-order valence-corrected chi connectivity index (χ2v) is 8.43. The van der Waals surface area contributed by atoms with Crippen molar-refractivity contribution in [1.82, 2.24) is 5.32 Å². The number of rotatable bonds is 7. The molecule has 0 aliphatic heterocycles. The van der Waals surface area contributed by atoms with Crippen molar-refractivity contribution in [2.24, 2.45) is 5.92 Å². The number of hydrogen-bond donors (Lipinski definition) is 1. The summed E-state index contributed by atoms with van der Waals surface area (Å²) in [4.78, 5) is 1.44. The maximum Gasteiger partial charge on any atom is 0.0314 e. The van der Waals surface area contributed by atoms with Gasteiger partial charge in [-0.15, -0.1) is 11.3 Å². The van der Waals surface area contributed by atoms with Crippen LogP contribution in [0.25, 0.3) is 0 Å². The van der Waals surface area contributed by atoms with Gasteiger partial charge in [-0.25, -0.2) is 0 Å². The standard InChI is InChI=1S/C17H21Br2NS/c1-12(2)20-11-14(10-17-16(19)6-7-21-17)8-13-4-3-5-15(18)9-13/h3-7,9,12,14,20H,8,10-11H2,1-2H3. The molecule has 21 heavy (non-hydrogen) atoms. The number of nitrogens with one attached hydrogen (secondary N) is 1. The third-order valence-corrected chi connectivity index (χ3v) is 5.84. The molecule has 4 heteroatoms. The second-order valence-electron chi connectivity index (χ2n) is 5.66. The van der Waals surface area contributed by atoms with E-state index < -0.39 is 0 Å². The highest BCUT2D eigenvalue weighted by Gasteiger charge is 2.14. The predicted octanol–water partition coefficient (Wildman–Crippen LogP) is 5.67. The smallest absolute Gasteiger partial charge is 0.0314 e. The van der Waals surface area contributed by atoms with E-state index in [1.54, 1.807) is 0 Å². The van der Waals surface area contributed by atoms with Gasteiger partial charge in [-0.1, -0.05) is 41.9 Å². The molecule has 0 aliphatic carbocycles. The van der Waals surface area contributed by atoms with Crippen molar-refractivity contribution in [1.29, 1.82) is 0 Å². The SMILES string of the molecule is CC(C)NCC(Cc1cccc(Br)c1)Cc1sccc1Br. The monoisotopic (exact) mass is 429 g/mol. The summed E-state index contributed by atoms with van der Waals surface area (Å²) in [5.74, 6) is 0.608. The maximum atomic E-state index is 3.65. The van der Waals surface area contributed by atoms with Crippen LogP contribution in [0, 0.1) is 5.92 Å². The van der Waals surface area contributed by atoms with Gasteiger partial charge in [0.05, 0.1) is 0 Å². The molecule has 1 aromatic heterocycles. The summed E-state index contributed by atoms with van der Waals surface area (Å²) >= 11 is 9.06.